The summed E-state index contributed by atoms with van der Waals surface area (Å²) in [5.74, 6) is -0.284. The van der Waals surface area contributed by atoms with Crippen LogP contribution in [0.15, 0.2) is 28.1 Å². The van der Waals surface area contributed by atoms with Crippen molar-refractivity contribution < 1.29 is 4.39 Å². The molecule has 0 radical (unpaired) electrons. The van der Waals surface area contributed by atoms with Gasteiger partial charge in [-0.1, -0.05) is 11.6 Å². The molecular formula is C11H8BrClFNS. The Kier molecular flexibility index (Phi) is 3.52. The Morgan fingerprint density at radius 1 is 1.44 bits per heavy atom. The van der Waals surface area contributed by atoms with Gasteiger partial charge in [-0.25, -0.2) is 4.39 Å². The van der Waals surface area contributed by atoms with E-state index in [1.807, 2.05) is 5.38 Å². The number of nitrogen functional groups attached to an aromatic ring is 1. The summed E-state index contributed by atoms with van der Waals surface area (Å²) in [4.78, 5) is 0.986. The zero-order chi connectivity index (χ0) is 11.7. The van der Waals surface area contributed by atoms with Crippen LogP contribution in [-0.2, 0) is 6.42 Å². The Morgan fingerprint density at radius 3 is 2.81 bits per heavy atom. The molecule has 1 aromatic carbocycles. The molecule has 0 bridgehead atoms. The summed E-state index contributed by atoms with van der Waals surface area (Å²) in [7, 11) is 0. The summed E-state index contributed by atoms with van der Waals surface area (Å²) in [5, 5.41) is 2.48. The molecule has 1 nitrogen and oxygen atoms in total. The summed E-state index contributed by atoms with van der Waals surface area (Å²) in [6.07, 6.45) is 0.554. The van der Waals surface area contributed by atoms with Crippen LogP contribution in [0.3, 0.4) is 0 Å². The monoisotopic (exact) mass is 319 g/mol. The van der Waals surface area contributed by atoms with Gasteiger partial charge in [0.25, 0.3) is 0 Å². The maximum absolute atomic E-state index is 13.1. The number of thiophene rings is 1. The average molecular weight is 321 g/mol. The highest BCUT2D eigenvalue weighted by Crippen LogP contribution is 2.33. The van der Waals surface area contributed by atoms with Crippen molar-refractivity contribution in [1.29, 1.82) is 0 Å². The summed E-state index contributed by atoms with van der Waals surface area (Å²) in [5.41, 5.74) is 7.32. The van der Waals surface area contributed by atoms with Crippen LogP contribution < -0.4 is 5.73 Å². The first-order chi connectivity index (χ1) is 7.58. The Labute approximate surface area is 110 Å². The number of hydrogen-bond acceptors (Lipinski definition) is 2. The van der Waals surface area contributed by atoms with E-state index in [0.29, 0.717) is 17.1 Å². The van der Waals surface area contributed by atoms with Crippen LogP contribution in [0.2, 0.25) is 5.02 Å². The van der Waals surface area contributed by atoms with Crippen molar-refractivity contribution in [1.82, 2.24) is 0 Å². The third-order valence-corrected chi connectivity index (χ3v) is 4.55. The van der Waals surface area contributed by atoms with Gasteiger partial charge >= 0.3 is 0 Å². The number of anilines is 1. The largest absolute Gasteiger partial charge is 0.397 e. The number of nitrogens with two attached hydrogens (primary N) is 1. The molecule has 0 unspecified atom stereocenters. The van der Waals surface area contributed by atoms with Crippen LogP contribution in [0.25, 0.3) is 0 Å². The quantitative estimate of drug-likeness (QED) is 0.867. The normalized spacial score (nSPS) is 10.7. The summed E-state index contributed by atoms with van der Waals surface area (Å²) in [6, 6.07) is 4.35. The van der Waals surface area contributed by atoms with Crippen molar-refractivity contribution in [3.05, 3.63) is 49.3 Å². The second-order valence-electron chi connectivity index (χ2n) is 3.33. The van der Waals surface area contributed by atoms with E-state index in [-0.39, 0.29) is 5.82 Å². The molecular weight excluding hydrogens is 313 g/mol. The zero-order valence-corrected chi connectivity index (χ0v) is 11.3. The van der Waals surface area contributed by atoms with Gasteiger partial charge in [0.05, 0.1) is 10.2 Å². The third kappa shape index (κ3) is 2.39. The third-order valence-electron chi connectivity index (χ3n) is 2.22. The number of hydrogen-bond donors (Lipinski definition) is 1. The fraction of sp³-hybridized carbons (Fsp3) is 0.0909. The molecule has 2 aromatic rings. The van der Waals surface area contributed by atoms with E-state index >= 15 is 0 Å². The lowest BCUT2D eigenvalue weighted by Crippen LogP contribution is -1.93. The van der Waals surface area contributed by atoms with Crippen molar-refractivity contribution in [3.63, 3.8) is 0 Å². The van der Waals surface area contributed by atoms with Crippen molar-refractivity contribution >= 4 is 44.6 Å². The minimum absolute atomic E-state index is 0.284. The predicted molar refractivity (Wildman–Crippen MR) is 70.6 cm³/mol. The number of benzene rings is 1. The molecule has 2 rings (SSSR count). The lowest BCUT2D eigenvalue weighted by atomic mass is 10.1. The Hall–Kier alpha value is -0.580. The van der Waals surface area contributed by atoms with E-state index in [9.17, 15) is 4.39 Å². The molecule has 0 aliphatic heterocycles. The first kappa shape index (κ1) is 11.9. The molecule has 1 aromatic heterocycles. The first-order valence-electron chi connectivity index (χ1n) is 4.53. The Balaban J connectivity index is 2.33. The minimum Gasteiger partial charge on any atom is -0.397 e. The molecule has 84 valence electrons. The summed E-state index contributed by atoms with van der Waals surface area (Å²) >= 11 is 10.9. The molecule has 16 heavy (non-hydrogen) atoms. The molecule has 0 fully saturated rings. The number of halogens is 3. The van der Waals surface area contributed by atoms with Gasteiger partial charge in [-0.3, -0.25) is 0 Å². The van der Waals surface area contributed by atoms with E-state index in [1.165, 1.54) is 23.5 Å². The van der Waals surface area contributed by atoms with Crippen molar-refractivity contribution in [2.45, 2.75) is 6.42 Å². The Bertz CT molecular complexity index is 527. The average Bonchev–Trinajstić information content (AvgIpc) is 2.55. The van der Waals surface area contributed by atoms with Gasteiger partial charge in [0.1, 0.15) is 5.82 Å². The Morgan fingerprint density at radius 2 is 2.19 bits per heavy atom. The SMILES string of the molecule is Nc1c(Br)csc1Cc1cc(F)ccc1Cl. The maximum Gasteiger partial charge on any atom is 0.123 e. The van der Waals surface area contributed by atoms with Crippen LogP contribution in [0, 0.1) is 5.82 Å². The summed E-state index contributed by atoms with van der Waals surface area (Å²) in [6.45, 7) is 0. The summed E-state index contributed by atoms with van der Waals surface area (Å²) < 4.78 is 13.9. The van der Waals surface area contributed by atoms with E-state index < -0.39 is 0 Å². The molecule has 0 atom stereocenters. The molecule has 0 amide bonds. The van der Waals surface area contributed by atoms with Crippen LogP contribution in [0.1, 0.15) is 10.4 Å². The van der Waals surface area contributed by atoms with Crippen LogP contribution in [0.5, 0.6) is 0 Å². The van der Waals surface area contributed by atoms with Crippen molar-refractivity contribution in [2.24, 2.45) is 0 Å². The van der Waals surface area contributed by atoms with Crippen LogP contribution in [0.4, 0.5) is 10.1 Å². The van der Waals surface area contributed by atoms with Gasteiger partial charge in [-0.15, -0.1) is 11.3 Å². The van der Waals surface area contributed by atoms with Gasteiger partial charge in [0.2, 0.25) is 0 Å². The maximum atomic E-state index is 13.1. The van der Waals surface area contributed by atoms with E-state index in [4.69, 9.17) is 17.3 Å². The van der Waals surface area contributed by atoms with Crippen LogP contribution >= 0.6 is 38.9 Å². The second-order valence-corrected chi connectivity index (χ2v) is 5.56. The highest BCUT2D eigenvalue weighted by Gasteiger charge is 2.09. The van der Waals surface area contributed by atoms with Crippen molar-refractivity contribution in [3.8, 4) is 0 Å². The second kappa shape index (κ2) is 4.73. The molecule has 0 aliphatic rings. The van der Waals surface area contributed by atoms with Gasteiger partial charge in [-0.2, -0.15) is 0 Å². The lowest BCUT2D eigenvalue weighted by Gasteiger charge is -2.04. The molecule has 1 heterocycles. The molecule has 0 aliphatic carbocycles. The minimum atomic E-state index is -0.284. The standard InChI is InChI=1S/C11H8BrClFNS/c12-8-5-16-10(11(8)15)4-6-3-7(14)1-2-9(6)13/h1-3,5H,4,15H2. The highest BCUT2D eigenvalue weighted by atomic mass is 79.9. The van der Waals surface area contributed by atoms with E-state index in [2.05, 4.69) is 15.9 Å². The smallest absolute Gasteiger partial charge is 0.123 e. The zero-order valence-electron chi connectivity index (χ0n) is 8.14. The van der Waals surface area contributed by atoms with Crippen LogP contribution in [-0.4, -0.2) is 0 Å². The molecule has 0 saturated heterocycles. The highest BCUT2D eigenvalue weighted by molar-refractivity contribution is 9.10. The fourth-order valence-corrected chi connectivity index (χ4v) is 3.06. The topological polar surface area (TPSA) is 26.0 Å². The predicted octanol–water partition coefficient (Wildman–Crippen LogP) is 4.48. The van der Waals surface area contributed by atoms with Gasteiger partial charge in [-0.05, 0) is 39.7 Å². The molecule has 0 spiro atoms. The molecule has 0 saturated carbocycles. The van der Waals surface area contributed by atoms with Crippen molar-refractivity contribution in [2.75, 3.05) is 5.73 Å². The molecule has 2 N–H and O–H groups in total. The first-order valence-corrected chi connectivity index (χ1v) is 6.58. The molecule has 5 heteroatoms. The lowest BCUT2D eigenvalue weighted by molar-refractivity contribution is 0.626. The van der Waals surface area contributed by atoms with E-state index in [0.717, 1.165) is 14.9 Å². The van der Waals surface area contributed by atoms with Gasteiger partial charge in [0, 0.05) is 21.7 Å². The van der Waals surface area contributed by atoms with Gasteiger partial charge in [0.15, 0.2) is 0 Å². The fourth-order valence-electron chi connectivity index (χ4n) is 1.37. The van der Waals surface area contributed by atoms with Gasteiger partial charge < -0.3 is 5.73 Å². The van der Waals surface area contributed by atoms with E-state index in [1.54, 1.807) is 6.07 Å². The number of rotatable bonds is 2.